The number of amides is 2. The van der Waals surface area contributed by atoms with E-state index in [-0.39, 0.29) is 18.3 Å². The molecule has 0 bridgehead atoms. The van der Waals surface area contributed by atoms with Crippen molar-refractivity contribution in [2.45, 2.75) is 19.7 Å². The monoisotopic (exact) mass is 380 g/mol. The topological polar surface area (TPSA) is 60.0 Å². The molecule has 0 saturated heterocycles. The number of nitrogens with one attached hydrogen (secondary N) is 1. The lowest BCUT2D eigenvalue weighted by atomic mass is 10.2. The molecule has 0 heterocycles. The van der Waals surface area contributed by atoms with Crippen molar-refractivity contribution in [2.24, 2.45) is 0 Å². The highest BCUT2D eigenvalue weighted by Crippen LogP contribution is 2.30. The number of halogens is 2. The normalized spacial score (nSPS) is 10.4. The van der Waals surface area contributed by atoms with Gasteiger partial charge in [0.25, 0.3) is 0 Å². The van der Waals surface area contributed by atoms with Crippen molar-refractivity contribution in [3.05, 3.63) is 53.6 Å². The zero-order chi connectivity index (χ0) is 19.8. The zero-order valence-electron chi connectivity index (χ0n) is 15.4. The molecule has 0 aliphatic heterocycles. The van der Waals surface area contributed by atoms with Crippen LogP contribution in [-0.2, 0) is 13.1 Å². The van der Waals surface area contributed by atoms with Crippen LogP contribution in [0.25, 0.3) is 0 Å². The summed E-state index contributed by atoms with van der Waals surface area (Å²) in [4.78, 5) is 13.8. The summed E-state index contributed by atoms with van der Waals surface area (Å²) in [5.74, 6) is 1.23. The van der Waals surface area contributed by atoms with Crippen molar-refractivity contribution in [1.29, 1.82) is 0 Å². The van der Waals surface area contributed by atoms with Crippen molar-refractivity contribution < 1.29 is 27.8 Å². The van der Waals surface area contributed by atoms with Crippen LogP contribution in [0.5, 0.6) is 17.2 Å². The molecule has 146 valence electrons. The maximum absolute atomic E-state index is 12.3. The van der Waals surface area contributed by atoms with Gasteiger partial charge in [-0.25, -0.2) is 4.79 Å². The van der Waals surface area contributed by atoms with Crippen LogP contribution in [0.4, 0.5) is 13.6 Å². The molecule has 6 nitrogen and oxygen atoms in total. The molecule has 2 rings (SSSR count). The molecule has 0 aliphatic carbocycles. The maximum atomic E-state index is 12.3. The molecule has 0 atom stereocenters. The minimum absolute atomic E-state index is 0.0750. The Bertz CT molecular complexity index is 754. The van der Waals surface area contributed by atoms with Gasteiger partial charge in [-0.1, -0.05) is 24.3 Å². The summed E-state index contributed by atoms with van der Waals surface area (Å²) in [6.45, 7) is -2.28. The molecule has 0 radical (unpaired) electrons. The van der Waals surface area contributed by atoms with E-state index in [0.29, 0.717) is 18.0 Å². The molecule has 0 aromatic heterocycles. The van der Waals surface area contributed by atoms with Gasteiger partial charge in [0.05, 0.1) is 14.2 Å². The van der Waals surface area contributed by atoms with Crippen molar-refractivity contribution in [2.75, 3.05) is 21.3 Å². The van der Waals surface area contributed by atoms with Crippen LogP contribution >= 0.6 is 0 Å². The second-order valence-electron chi connectivity index (χ2n) is 5.69. The number of ether oxygens (including phenoxy) is 3. The number of urea groups is 1. The number of rotatable bonds is 8. The van der Waals surface area contributed by atoms with E-state index in [4.69, 9.17) is 9.47 Å². The van der Waals surface area contributed by atoms with Crippen LogP contribution in [0, 0.1) is 0 Å². The van der Waals surface area contributed by atoms with E-state index in [0.717, 1.165) is 11.1 Å². The van der Waals surface area contributed by atoms with E-state index in [1.54, 1.807) is 32.4 Å². The number of hydrogen-bond donors (Lipinski definition) is 1. The highest BCUT2D eigenvalue weighted by molar-refractivity contribution is 5.74. The van der Waals surface area contributed by atoms with E-state index in [2.05, 4.69) is 10.1 Å². The Morgan fingerprint density at radius 1 is 1.11 bits per heavy atom. The average molecular weight is 380 g/mol. The van der Waals surface area contributed by atoms with Gasteiger partial charge in [-0.05, 0) is 23.8 Å². The van der Waals surface area contributed by atoms with E-state index in [1.165, 1.54) is 24.1 Å². The summed E-state index contributed by atoms with van der Waals surface area (Å²) in [7, 11) is 4.73. The van der Waals surface area contributed by atoms with Gasteiger partial charge >= 0.3 is 12.6 Å². The van der Waals surface area contributed by atoms with Crippen molar-refractivity contribution in [1.82, 2.24) is 10.2 Å². The highest BCUT2D eigenvalue weighted by Gasteiger charge is 2.13. The molecule has 2 aromatic carbocycles. The van der Waals surface area contributed by atoms with E-state index in [9.17, 15) is 13.6 Å². The summed E-state index contributed by atoms with van der Waals surface area (Å²) >= 11 is 0. The molecule has 1 N–H and O–H groups in total. The second kappa shape index (κ2) is 9.61. The summed E-state index contributed by atoms with van der Waals surface area (Å²) < 4.78 is 39.2. The number of carbonyl (C=O) groups excluding carboxylic acids is 1. The quantitative estimate of drug-likeness (QED) is 0.760. The van der Waals surface area contributed by atoms with Gasteiger partial charge in [-0.3, -0.25) is 0 Å². The van der Waals surface area contributed by atoms with Gasteiger partial charge < -0.3 is 24.4 Å². The Morgan fingerprint density at radius 2 is 1.81 bits per heavy atom. The van der Waals surface area contributed by atoms with Gasteiger partial charge in [0.15, 0.2) is 11.5 Å². The fourth-order valence-corrected chi connectivity index (χ4v) is 2.52. The van der Waals surface area contributed by atoms with Crippen molar-refractivity contribution in [3.8, 4) is 17.2 Å². The molecule has 8 heteroatoms. The minimum Gasteiger partial charge on any atom is -0.493 e. The van der Waals surface area contributed by atoms with Gasteiger partial charge in [0, 0.05) is 25.7 Å². The number of nitrogens with zero attached hydrogens (tertiary/aromatic N) is 1. The van der Waals surface area contributed by atoms with Crippen LogP contribution in [-0.4, -0.2) is 38.8 Å². The van der Waals surface area contributed by atoms with Crippen LogP contribution < -0.4 is 19.5 Å². The molecule has 2 aromatic rings. The van der Waals surface area contributed by atoms with Crippen LogP contribution in [0.2, 0.25) is 0 Å². The average Bonchev–Trinajstić information content (AvgIpc) is 2.66. The predicted octanol–water partition coefficient (Wildman–Crippen LogP) is 3.65. The molecule has 0 fully saturated rings. The first-order valence-corrected chi connectivity index (χ1v) is 8.17. The Morgan fingerprint density at radius 3 is 2.41 bits per heavy atom. The lowest BCUT2D eigenvalue weighted by molar-refractivity contribution is -0.0498. The van der Waals surface area contributed by atoms with Gasteiger partial charge in [0.1, 0.15) is 5.75 Å². The Balaban J connectivity index is 1.92. The summed E-state index contributed by atoms with van der Waals surface area (Å²) in [6.07, 6.45) is 0. The summed E-state index contributed by atoms with van der Waals surface area (Å²) in [5.41, 5.74) is 1.57. The maximum Gasteiger partial charge on any atom is 0.387 e. The fourth-order valence-electron chi connectivity index (χ4n) is 2.52. The SMILES string of the molecule is COc1cccc(CNC(=O)N(C)Cc2ccc(OC(F)F)cc2)c1OC. The molecule has 2 amide bonds. The number of methoxy groups -OCH3 is 2. The second-order valence-corrected chi connectivity index (χ2v) is 5.69. The molecule has 0 unspecified atom stereocenters. The smallest absolute Gasteiger partial charge is 0.387 e. The summed E-state index contributed by atoms with van der Waals surface area (Å²) in [5, 5.41) is 2.81. The standard InChI is InChI=1S/C19H22F2N2O4/c1-23(12-13-7-9-15(10-8-13)27-18(20)21)19(24)22-11-14-5-4-6-16(25-2)17(14)26-3/h4-10,18H,11-12H2,1-3H3,(H,22,24). The number of hydrogen-bond acceptors (Lipinski definition) is 4. The number of para-hydroxylation sites is 1. The first kappa shape index (κ1) is 20.3. The fraction of sp³-hybridized carbons (Fsp3) is 0.316. The first-order valence-electron chi connectivity index (χ1n) is 8.17. The number of carbonyl (C=O) groups is 1. The van der Waals surface area contributed by atoms with E-state index < -0.39 is 6.61 Å². The van der Waals surface area contributed by atoms with E-state index >= 15 is 0 Å². The minimum atomic E-state index is -2.86. The molecule has 0 saturated carbocycles. The lowest BCUT2D eigenvalue weighted by Crippen LogP contribution is -2.36. The molecule has 0 spiro atoms. The van der Waals surface area contributed by atoms with Gasteiger partial charge in [-0.15, -0.1) is 0 Å². The van der Waals surface area contributed by atoms with Gasteiger partial charge in [-0.2, -0.15) is 8.78 Å². The zero-order valence-corrected chi connectivity index (χ0v) is 15.4. The summed E-state index contributed by atoms with van der Waals surface area (Å²) in [6, 6.07) is 11.3. The van der Waals surface area contributed by atoms with Crippen LogP contribution in [0.3, 0.4) is 0 Å². The first-order chi connectivity index (χ1) is 12.9. The predicted molar refractivity (Wildman–Crippen MR) is 96.3 cm³/mol. The molecule has 0 aliphatic rings. The Hall–Kier alpha value is -3.03. The van der Waals surface area contributed by atoms with Crippen LogP contribution in [0.15, 0.2) is 42.5 Å². The third-order valence-electron chi connectivity index (χ3n) is 3.83. The third kappa shape index (κ3) is 5.73. The Kier molecular flexibility index (Phi) is 7.22. The lowest BCUT2D eigenvalue weighted by Gasteiger charge is -2.19. The highest BCUT2D eigenvalue weighted by atomic mass is 19.3. The Labute approximate surface area is 156 Å². The van der Waals surface area contributed by atoms with E-state index in [1.807, 2.05) is 12.1 Å². The molecular formula is C19H22F2N2O4. The van der Waals surface area contributed by atoms with Crippen molar-refractivity contribution in [3.63, 3.8) is 0 Å². The van der Waals surface area contributed by atoms with Crippen molar-refractivity contribution >= 4 is 6.03 Å². The number of alkyl halides is 2. The molecular weight excluding hydrogens is 358 g/mol. The number of benzene rings is 2. The van der Waals surface area contributed by atoms with Crippen LogP contribution in [0.1, 0.15) is 11.1 Å². The molecule has 27 heavy (non-hydrogen) atoms. The largest absolute Gasteiger partial charge is 0.493 e. The third-order valence-corrected chi connectivity index (χ3v) is 3.83. The van der Waals surface area contributed by atoms with Gasteiger partial charge in [0.2, 0.25) is 0 Å².